The summed E-state index contributed by atoms with van der Waals surface area (Å²) in [4.78, 5) is 15.5. The highest BCUT2D eigenvalue weighted by molar-refractivity contribution is 6.05. The third-order valence-corrected chi connectivity index (χ3v) is 4.25. The topological polar surface area (TPSA) is 77.9 Å². The van der Waals surface area contributed by atoms with Crippen molar-refractivity contribution in [3.05, 3.63) is 60.2 Å². The van der Waals surface area contributed by atoms with Gasteiger partial charge in [-0.15, -0.1) is 0 Å². The smallest absolute Gasteiger partial charge is 0.213 e. The quantitative estimate of drug-likeness (QED) is 0.353. The van der Waals surface area contributed by atoms with Gasteiger partial charge in [0.15, 0.2) is 5.96 Å². The van der Waals surface area contributed by atoms with E-state index in [0.717, 1.165) is 47.1 Å². The fourth-order valence-electron chi connectivity index (χ4n) is 3.02. The van der Waals surface area contributed by atoms with Crippen molar-refractivity contribution in [2.24, 2.45) is 0 Å². The number of anilines is 1. The molecule has 3 N–H and O–H groups in total. The van der Waals surface area contributed by atoms with E-state index in [1.54, 1.807) is 0 Å². The van der Waals surface area contributed by atoms with Crippen LogP contribution < -0.4 is 10.6 Å². The molecule has 26 heavy (non-hydrogen) atoms. The van der Waals surface area contributed by atoms with Crippen LogP contribution in [0.5, 0.6) is 0 Å². The van der Waals surface area contributed by atoms with Gasteiger partial charge in [-0.2, -0.15) is 0 Å². The van der Waals surface area contributed by atoms with Crippen molar-refractivity contribution in [1.29, 1.82) is 5.41 Å². The predicted octanol–water partition coefficient (Wildman–Crippen LogP) is 4.34. The summed E-state index contributed by atoms with van der Waals surface area (Å²) in [5, 5.41) is 14.3. The third-order valence-electron chi connectivity index (χ3n) is 4.25. The highest BCUT2D eigenvalue weighted by Gasteiger charge is 2.12. The molecular weight excluding hydrogens is 324 g/mol. The number of aromatic nitrogens is 1. The molecule has 2 aromatic carbocycles. The molecule has 5 heteroatoms. The molecule has 5 nitrogen and oxygen atoms in total. The number of pyridine rings is 1. The van der Waals surface area contributed by atoms with E-state index in [2.05, 4.69) is 23.6 Å². The van der Waals surface area contributed by atoms with Crippen LogP contribution in [0.3, 0.4) is 0 Å². The Balaban J connectivity index is 2.16. The number of rotatable bonds is 6. The first-order valence-electron chi connectivity index (χ1n) is 8.76. The molecule has 0 aliphatic rings. The molecule has 3 aromatic rings. The monoisotopic (exact) mass is 346 g/mol. The largest absolute Gasteiger partial charge is 0.325 e. The molecule has 0 saturated heterocycles. The summed E-state index contributed by atoms with van der Waals surface area (Å²) in [5.74, 6) is -0.0585. The molecule has 132 valence electrons. The van der Waals surface area contributed by atoms with Crippen LogP contribution in [0, 0.1) is 5.41 Å². The Hall–Kier alpha value is -3.21. The number of carbonyl (C=O) groups excluding carboxylic acids is 1. The first kappa shape index (κ1) is 17.6. The number of carbonyl (C=O) groups is 1. The summed E-state index contributed by atoms with van der Waals surface area (Å²) in [6.45, 7) is 2.17. The minimum absolute atomic E-state index is 0.0585. The summed E-state index contributed by atoms with van der Waals surface area (Å²) in [5.41, 5.74) is 4.68. The van der Waals surface area contributed by atoms with Gasteiger partial charge in [0.05, 0.1) is 16.9 Å². The lowest BCUT2D eigenvalue weighted by Crippen LogP contribution is -2.28. The number of nitrogens with zero attached hydrogens (tertiary/aromatic N) is 1. The number of nitrogens with one attached hydrogen (secondary N) is 3. The average molecular weight is 346 g/mol. The van der Waals surface area contributed by atoms with Gasteiger partial charge in [-0.1, -0.05) is 55.8 Å². The predicted molar refractivity (Wildman–Crippen MR) is 106 cm³/mol. The second-order valence-corrected chi connectivity index (χ2v) is 6.10. The number of hydrogen-bond donors (Lipinski definition) is 3. The number of unbranched alkanes of at least 4 members (excludes halogenated alkanes) is 1. The lowest BCUT2D eigenvalue weighted by molar-refractivity contribution is -0.108. The number of amides is 1. The summed E-state index contributed by atoms with van der Waals surface area (Å²) in [6.07, 6.45) is 3.64. The van der Waals surface area contributed by atoms with Gasteiger partial charge >= 0.3 is 0 Å². The molecule has 0 bridgehead atoms. The molecule has 1 amide bonds. The maximum absolute atomic E-state index is 10.7. The highest BCUT2D eigenvalue weighted by Crippen LogP contribution is 2.31. The Morgan fingerprint density at radius 1 is 1.15 bits per heavy atom. The van der Waals surface area contributed by atoms with E-state index in [9.17, 15) is 4.79 Å². The Morgan fingerprint density at radius 2 is 1.96 bits per heavy atom. The van der Waals surface area contributed by atoms with Gasteiger partial charge in [0.1, 0.15) is 0 Å². The van der Waals surface area contributed by atoms with Crippen molar-refractivity contribution < 1.29 is 4.79 Å². The van der Waals surface area contributed by atoms with Crippen molar-refractivity contribution in [2.75, 3.05) is 5.32 Å². The van der Waals surface area contributed by atoms with E-state index in [4.69, 9.17) is 10.4 Å². The van der Waals surface area contributed by atoms with Gasteiger partial charge in [0.25, 0.3) is 0 Å². The van der Waals surface area contributed by atoms with Crippen LogP contribution in [0.4, 0.5) is 5.69 Å². The van der Waals surface area contributed by atoms with Gasteiger partial charge in [-0.05, 0) is 30.5 Å². The lowest BCUT2D eigenvalue weighted by Gasteiger charge is -2.15. The number of hydrogen-bond acceptors (Lipinski definition) is 3. The zero-order chi connectivity index (χ0) is 18.4. The highest BCUT2D eigenvalue weighted by atomic mass is 16.1. The van der Waals surface area contributed by atoms with Crippen LogP contribution in [0.1, 0.15) is 25.3 Å². The fraction of sp³-hybridized carbons (Fsp3) is 0.190. The van der Waals surface area contributed by atoms with Crippen molar-refractivity contribution in [1.82, 2.24) is 10.3 Å². The molecule has 3 rings (SSSR count). The standard InChI is InChI=1S/C21H22N4O/c1-2-3-8-16-11-7-12-17-20(16)19(25-21(22)23-14-26)13-18(24-17)15-9-5-4-6-10-15/h4-7,9-14H,2-3,8H2,1H3,(H3,22,23,24,25,26). The number of benzene rings is 2. The molecule has 0 atom stereocenters. The Morgan fingerprint density at radius 3 is 2.69 bits per heavy atom. The number of fused-ring (bicyclic) bond motifs is 1. The molecule has 0 aliphatic heterocycles. The molecule has 1 aromatic heterocycles. The molecule has 0 fully saturated rings. The second kappa shape index (κ2) is 8.25. The van der Waals surface area contributed by atoms with Gasteiger partial charge < -0.3 is 5.32 Å². The van der Waals surface area contributed by atoms with E-state index in [1.165, 1.54) is 5.56 Å². The van der Waals surface area contributed by atoms with E-state index < -0.39 is 0 Å². The second-order valence-electron chi connectivity index (χ2n) is 6.10. The first-order valence-corrected chi connectivity index (χ1v) is 8.76. The normalized spacial score (nSPS) is 10.5. The minimum Gasteiger partial charge on any atom is -0.325 e. The summed E-state index contributed by atoms with van der Waals surface area (Å²) < 4.78 is 0. The van der Waals surface area contributed by atoms with Crippen molar-refractivity contribution >= 4 is 29.0 Å². The summed E-state index contributed by atoms with van der Waals surface area (Å²) in [7, 11) is 0. The fourth-order valence-corrected chi connectivity index (χ4v) is 3.02. The van der Waals surface area contributed by atoms with Gasteiger partial charge in [-0.25, -0.2) is 4.98 Å². The summed E-state index contributed by atoms with van der Waals surface area (Å²) in [6, 6.07) is 18.0. The zero-order valence-electron chi connectivity index (χ0n) is 14.8. The van der Waals surface area contributed by atoms with Crippen LogP contribution in [-0.2, 0) is 11.2 Å². The van der Waals surface area contributed by atoms with Crippen molar-refractivity contribution in [3.8, 4) is 11.3 Å². The van der Waals surface area contributed by atoms with Gasteiger partial charge in [-0.3, -0.25) is 15.5 Å². The van der Waals surface area contributed by atoms with E-state index in [1.807, 2.05) is 48.5 Å². The molecule has 0 radical (unpaired) electrons. The Labute approximate surface area is 153 Å². The molecule has 0 spiro atoms. The van der Waals surface area contributed by atoms with Gasteiger partial charge in [0, 0.05) is 10.9 Å². The van der Waals surface area contributed by atoms with E-state index >= 15 is 0 Å². The van der Waals surface area contributed by atoms with Crippen molar-refractivity contribution in [3.63, 3.8) is 0 Å². The average Bonchev–Trinajstić information content (AvgIpc) is 2.67. The number of guanidine groups is 1. The Kier molecular flexibility index (Phi) is 5.59. The van der Waals surface area contributed by atoms with E-state index in [0.29, 0.717) is 6.41 Å². The third kappa shape index (κ3) is 3.88. The molecule has 0 aliphatic carbocycles. The van der Waals surface area contributed by atoms with Crippen LogP contribution in [-0.4, -0.2) is 17.4 Å². The van der Waals surface area contributed by atoms with Crippen LogP contribution in [0.25, 0.3) is 22.2 Å². The summed E-state index contributed by atoms with van der Waals surface area (Å²) >= 11 is 0. The lowest BCUT2D eigenvalue weighted by atomic mass is 10.00. The van der Waals surface area contributed by atoms with Crippen LogP contribution >= 0.6 is 0 Å². The van der Waals surface area contributed by atoms with Crippen LogP contribution in [0.2, 0.25) is 0 Å². The molecule has 0 unspecified atom stereocenters. The van der Waals surface area contributed by atoms with E-state index in [-0.39, 0.29) is 5.96 Å². The minimum atomic E-state index is -0.0585. The molecular formula is C21H22N4O. The van der Waals surface area contributed by atoms with Crippen molar-refractivity contribution in [2.45, 2.75) is 26.2 Å². The number of aryl methyl sites for hydroxylation is 1. The maximum atomic E-state index is 10.7. The molecule has 0 saturated carbocycles. The Bertz CT molecular complexity index is 922. The zero-order valence-corrected chi connectivity index (χ0v) is 14.8. The molecule has 1 heterocycles. The first-order chi connectivity index (χ1) is 12.7. The SMILES string of the molecule is CCCCc1cccc2nc(-c3ccccc3)cc(NC(=N)NC=O)c12. The van der Waals surface area contributed by atoms with Crippen LogP contribution in [0.15, 0.2) is 54.6 Å². The van der Waals surface area contributed by atoms with Gasteiger partial charge in [0.2, 0.25) is 6.41 Å². The maximum Gasteiger partial charge on any atom is 0.213 e.